The van der Waals surface area contributed by atoms with E-state index in [2.05, 4.69) is 15.0 Å². The van der Waals surface area contributed by atoms with E-state index in [0.717, 1.165) is 0 Å². The molecule has 1 radical (unpaired) electrons. The lowest BCUT2D eigenvalue weighted by Gasteiger charge is -2.48. The van der Waals surface area contributed by atoms with E-state index in [9.17, 15) is 4.79 Å². The Morgan fingerprint density at radius 1 is 1.48 bits per heavy atom. The Morgan fingerprint density at radius 3 is 2.56 bits per heavy atom. The lowest BCUT2D eigenvalue weighted by atomic mass is 9.68. The van der Waals surface area contributed by atoms with Crippen LogP contribution in [0.1, 0.15) is 33.3 Å². The maximum atomic E-state index is 12.7. The minimum Gasteiger partial charge on any atom is -0.466 e. The second kappa shape index (κ2) is 8.67. The molecule has 0 bridgehead atoms. The first kappa shape index (κ1) is 21.4. The maximum absolute atomic E-state index is 12.7. The summed E-state index contributed by atoms with van der Waals surface area (Å²) in [5, 5.41) is 3.96. The third-order valence-electron chi connectivity index (χ3n) is 3.70. The van der Waals surface area contributed by atoms with Crippen LogP contribution in [0.3, 0.4) is 0 Å². The van der Waals surface area contributed by atoms with Gasteiger partial charge in [0.05, 0.1) is 6.61 Å². The molecule has 0 aliphatic rings. The smallest absolute Gasteiger partial charge is 0.318 e. The summed E-state index contributed by atoms with van der Waals surface area (Å²) >= 11 is 6.36. The summed E-state index contributed by atoms with van der Waals surface area (Å²) < 4.78 is 11.5. The van der Waals surface area contributed by atoms with Crippen LogP contribution in [-0.2, 0) is 19.6 Å². The minimum atomic E-state index is -1.32. The van der Waals surface area contributed by atoms with E-state index in [0.29, 0.717) is 5.56 Å². The number of azide groups is 1. The highest BCUT2D eigenvalue weighted by Gasteiger charge is 2.55. The molecule has 0 fully saturated rings. The molecule has 2 unspecified atom stereocenters. The number of ether oxygens (including phenoxy) is 1. The fourth-order valence-corrected chi connectivity index (χ4v) is 4.21. The number of hydrogen-bond donors (Lipinski definition) is 0. The van der Waals surface area contributed by atoms with E-state index in [4.69, 9.17) is 26.3 Å². The summed E-state index contributed by atoms with van der Waals surface area (Å²) in [6, 6.07) is 2.21. The van der Waals surface area contributed by atoms with E-state index >= 15 is 0 Å². The number of carbonyl (C=O) groups is 1. The summed E-state index contributed by atoms with van der Waals surface area (Å²) in [6.07, 6.45) is 1.55. The van der Waals surface area contributed by atoms with Crippen molar-refractivity contribution < 1.29 is 14.0 Å². The van der Waals surface area contributed by atoms with Gasteiger partial charge in [0.2, 0.25) is 9.04 Å². The number of esters is 1. The number of pyridine rings is 1. The Hall–Kier alpha value is -1.60. The van der Waals surface area contributed by atoms with Gasteiger partial charge in [-0.15, -0.1) is 0 Å². The standard InChI is InChI=1S/C16H24ClN4O3Si/c1-7-23-14(22)12(20-21-18)16(15(2,3)4,24-25(5)6)11-9-8-10-19-13(11)17/h8-10,12H,7H2,1-6H3. The number of rotatable bonds is 7. The van der Waals surface area contributed by atoms with Crippen LogP contribution in [0, 0.1) is 5.41 Å². The molecule has 0 N–H and O–H groups in total. The zero-order valence-electron chi connectivity index (χ0n) is 15.4. The van der Waals surface area contributed by atoms with E-state index in [1.165, 1.54) is 0 Å². The van der Waals surface area contributed by atoms with Gasteiger partial charge in [0.25, 0.3) is 0 Å². The molecule has 1 aromatic rings. The van der Waals surface area contributed by atoms with Crippen LogP contribution in [-0.4, -0.2) is 32.6 Å². The van der Waals surface area contributed by atoms with Crippen molar-refractivity contribution in [3.63, 3.8) is 0 Å². The lowest BCUT2D eigenvalue weighted by Crippen LogP contribution is -2.56. The minimum absolute atomic E-state index is 0.160. The van der Waals surface area contributed by atoms with E-state index < -0.39 is 32.1 Å². The van der Waals surface area contributed by atoms with Crippen molar-refractivity contribution in [2.24, 2.45) is 10.5 Å². The van der Waals surface area contributed by atoms with Crippen molar-refractivity contribution in [1.82, 2.24) is 4.98 Å². The van der Waals surface area contributed by atoms with Crippen LogP contribution in [0.25, 0.3) is 10.4 Å². The third-order valence-corrected chi connectivity index (χ3v) is 4.73. The molecule has 0 aliphatic heterocycles. The number of halogens is 1. The Kier molecular flexibility index (Phi) is 7.43. The molecule has 25 heavy (non-hydrogen) atoms. The highest BCUT2D eigenvalue weighted by Crippen LogP contribution is 2.49. The molecular formula is C16H24ClN4O3Si. The zero-order valence-corrected chi connectivity index (χ0v) is 17.2. The van der Waals surface area contributed by atoms with Gasteiger partial charge < -0.3 is 9.16 Å². The summed E-state index contributed by atoms with van der Waals surface area (Å²) in [7, 11) is -1.32. The monoisotopic (exact) mass is 383 g/mol. The molecule has 1 rings (SSSR count). The molecule has 2 atom stereocenters. The molecule has 137 valence electrons. The first-order valence-corrected chi connectivity index (χ1v) is 10.7. The summed E-state index contributed by atoms with van der Waals surface area (Å²) in [5.41, 5.74) is 7.63. The van der Waals surface area contributed by atoms with Gasteiger partial charge in [-0.05, 0) is 37.0 Å². The molecular weight excluding hydrogens is 360 g/mol. The number of carbonyl (C=O) groups excluding carboxylic acids is 1. The molecule has 0 amide bonds. The Morgan fingerprint density at radius 2 is 2.12 bits per heavy atom. The van der Waals surface area contributed by atoms with Gasteiger partial charge in [0, 0.05) is 16.7 Å². The SMILES string of the molecule is CCOC(=O)C(N=[N+]=[N-])C(O[Si](C)C)(c1cccnc1Cl)C(C)(C)C. The molecule has 1 heterocycles. The fraction of sp³-hybridized carbons (Fsp3) is 0.625. The van der Waals surface area contributed by atoms with Gasteiger partial charge >= 0.3 is 5.97 Å². The summed E-state index contributed by atoms with van der Waals surface area (Å²) in [5.74, 6) is -0.654. The molecule has 0 saturated carbocycles. The Bertz CT molecular complexity index is 659. The topological polar surface area (TPSA) is 97.2 Å². The molecule has 0 spiro atoms. The van der Waals surface area contributed by atoms with Crippen molar-refractivity contribution in [2.75, 3.05) is 6.61 Å². The molecule has 9 heteroatoms. The van der Waals surface area contributed by atoms with Crippen LogP contribution >= 0.6 is 11.6 Å². The molecule has 1 aromatic heterocycles. The van der Waals surface area contributed by atoms with Gasteiger partial charge in [-0.3, -0.25) is 4.79 Å². The van der Waals surface area contributed by atoms with Crippen LogP contribution in [0.15, 0.2) is 23.4 Å². The largest absolute Gasteiger partial charge is 0.466 e. The van der Waals surface area contributed by atoms with Crippen LogP contribution in [0.2, 0.25) is 18.2 Å². The van der Waals surface area contributed by atoms with Gasteiger partial charge in [0.1, 0.15) is 10.8 Å². The van der Waals surface area contributed by atoms with Gasteiger partial charge in [-0.2, -0.15) is 0 Å². The summed E-state index contributed by atoms with van der Waals surface area (Å²) in [4.78, 5) is 19.7. The van der Waals surface area contributed by atoms with Crippen molar-refractivity contribution >= 4 is 26.6 Å². The number of nitrogens with zero attached hydrogens (tertiary/aromatic N) is 4. The Balaban J connectivity index is 3.83. The normalized spacial score (nSPS) is 15.2. The predicted molar refractivity (Wildman–Crippen MR) is 98.5 cm³/mol. The molecule has 0 aliphatic carbocycles. The van der Waals surface area contributed by atoms with E-state index in [1.54, 1.807) is 25.3 Å². The maximum Gasteiger partial charge on any atom is 0.318 e. The molecule has 7 nitrogen and oxygen atoms in total. The van der Waals surface area contributed by atoms with E-state index in [-0.39, 0.29) is 11.8 Å². The quantitative estimate of drug-likeness (QED) is 0.173. The fourth-order valence-electron chi connectivity index (χ4n) is 2.78. The predicted octanol–water partition coefficient (Wildman–Crippen LogP) is 4.49. The lowest BCUT2D eigenvalue weighted by molar-refractivity contribution is -0.157. The van der Waals surface area contributed by atoms with Gasteiger partial charge in [-0.1, -0.05) is 43.6 Å². The highest BCUT2D eigenvalue weighted by atomic mass is 35.5. The van der Waals surface area contributed by atoms with Crippen LogP contribution < -0.4 is 0 Å². The van der Waals surface area contributed by atoms with E-state index in [1.807, 2.05) is 33.9 Å². The average molecular weight is 384 g/mol. The number of aromatic nitrogens is 1. The van der Waals surface area contributed by atoms with Crippen LogP contribution in [0.4, 0.5) is 0 Å². The molecule has 0 saturated heterocycles. The van der Waals surface area contributed by atoms with Crippen molar-refractivity contribution in [2.45, 2.75) is 52.4 Å². The van der Waals surface area contributed by atoms with Gasteiger partial charge in [-0.25, -0.2) is 4.98 Å². The Labute approximate surface area is 155 Å². The van der Waals surface area contributed by atoms with Crippen molar-refractivity contribution in [1.29, 1.82) is 0 Å². The zero-order chi connectivity index (χ0) is 19.3. The second-order valence-electron chi connectivity index (χ2n) is 6.70. The summed E-state index contributed by atoms with van der Waals surface area (Å²) in [6.45, 7) is 11.4. The first-order chi connectivity index (χ1) is 11.6. The highest BCUT2D eigenvalue weighted by molar-refractivity contribution is 6.48. The van der Waals surface area contributed by atoms with Gasteiger partial charge in [0.15, 0.2) is 6.04 Å². The van der Waals surface area contributed by atoms with Crippen molar-refractivity contribution in [3.8, 4) is 0 Å². The van der Waals surface area contributed by atoms with Crippen LogP contribution in [0.5, 0.6) is 0 Å². The average Bonchev–Trinajstić information content (AvgIpc) is 2.50. The van der Waals surface area contributed by atoms with Crippen molar-refractivity contribution in [3.05, 3.63) is 39.5 Å². The first-order valence-electron chi connectivity index (χ1n) is 7.92. The molecule has 0 aromatic carbocycles. The third kappa shape index (κ3) is 4.52. The second-order valence-corrected chi connectivity index (χ2v) is 9.08. The number of hydrogen-bond acceptors (Lipinski definition) is 5.